The van der Waals surface area contributed by atoms with Crippen molar-refractivity contribution in [3.05, 3.63) is 70.2 Å². The Labute approximate surface area is 138 Å². The Hall–Kier alpha value is -0.600. The summed E-state index contributed by atoms with van der Waals surface area (Å²) in [4.78, 5) is 0. The fraction of sp³-hybridized carbons (Fsp3) is 0.333. The molecule has 2 heteroatoms. The van der Waals surface area contributed by atoms with E-state index in [4.69, 9.17) is 0 Å². The van der Waals surface area contributed by atoms with Gasteiger partial charge in [-0.05, 0) is 54.9 Å². The summed E-state index contributed by atoms with van der Waals surface area (Å²) in [5, 5.41) is 1.08. The largest absolute Gasteiger partial charge is 0.0925 e. The van der Waals surface area contributed by atoms with Gasteiger partial charge in [0.15, 0.2) is 0 Å². The molecule has 1 atom stereocenters. The van der Waals surface area contributed by atoms with Gasteiger partial charge in [0.2, 0.25) is 0 Å². The number of hydrogen-bond acceptors (Lipinski definition) is 0. The van der Waals surface area contributed by atoms with Crippen LogP contribution < -0.4 is 0 Å². The Morgan fingerprint density at radius 2 is 1.55 bits per heavy atom. The highest BCUT2D eigenvalue weighted by Gasteiger charge is 2.08. The lowest BCUT2D eigenvalue weighted by Crippen LogP contribution is -2.07. The van der Waals surface area contributed by atoms with Crippen LogP contribution in [0.2, 0.25) is 0 Å². The van der Waals surface area contributed by atoms with E-state index in [1.165, 1.54) is 30.4 Å². The van der Waals surface area contributed by atoms with E-state index in [-0.39, 0.29) is 0 Å². The van der Waals surface area contributed by atoms with Crippen molar-refractivity contribution in [2.24, 2.45) is 5.92 Å². The molecule has 0 nitrogen and oxygen atoms in total. The SMILES string of the molecule is BrCC(CCCc1ccccc1)Cc1ccc(Br)cc1. The second-order valence-electron chi connectivity index (χ2n) is 5.23. The first-order valence-corrected chi connectivity index (χ1v) is 9.03. The average Bonchev–Trinajstić information content (AvgIpc) is 2.49. The molecule has 0 saturated heterocycles. The molecule has 0 aliphatic heterocycles. The van der Waals surface area contributed by atoms with Crippen LogP contribution in [0.1, 0.15) is 24.0 Å². The van der Waals surface area contributed by atoms with Gasteiger partial charge in [0.05, 0.1) is 0 Å². The molecule has 1 unspecified atom stereocenters. The molecule has 2 aromatic rings. The summed E-state index contributed by atoms with van der Waals surface area (Å²) in [5.41, 5.74) is 2.88. The van der Waals surface area contributed by atoms with E-state index in [1.54, 1.807) is 0 Å². The second kappa shape index (κ2) is 8.63. The minimum atomic E-state index is 0.722. The maximum absolute atomic E-state index is 3.66. The molecule has 0 aromatic heterocycles. The van der Waals surface area contributed by atoms with Gasteiger partial charge in [-0.15, -0.1) is 0 Å². The zero-order chi connectivity index (χ0) is 14.2. The zero-order valence-electron chi connectivity index (χ0n) is 11.6. The molecule has 0 radical (unpaired) electrons. The molecule has 0 fully saturated rings. The maximum Gasteiger partial charge on any atom is 0.0175 e. The first kappa shape index (κ1) is 15.8. The summed E-state index contributed by atoms with van der Waals surface area (Å²) < 4.78 is 1.15. The van der Waals surface area contributed by atoms with E-state index in [1.807, 2.05) is 0 Å². The van der Waals surface area contributed by atoms with Crippen molar-refractivity contribution in [3.8, 4) is 0 Å². The molecular weight excluding hydrogens is 376 g/mol. The highest BCUT2D eigenvalue weighted by Crippen LogP contribution is 2.19. The lowest BCUT2D eigenvalue weighted by Gasteiger charge is -2.14. The molecule has 0 amide bonds. The molecule has 0 saturated carbocycles. The van der Waals surface area contributed by atoms with Crippen molar-refractivity contribution in [1.82, 2.24) is 0 Å². The van der Waals surface area contributed by atoms with Gasteiger partial charge in [-0.1, -0.05) is 74.3 Å². The van der Waals surface area contributed by atoms with E-state index < -0.39 is 0 Å². The topological polar surface area (TPSA) is 0 Å². The smallest absolute Gasteiger partial charge is 0.0175 e. The third-order valence-corrected chi connectivity index (χ3v) is 5.02. The Kier molecular flexibility index (Phi) is 6.81. The van der Waals surface area contributed by atoms with Crippen molar-refractivity contribution >= 4 is 31.9 Å². The van der Waals surface area contributed by atoms with E-state index in [9.17, 15) is 0 Å². The van der Waals surface area contributed by atoms with Crippen molar-refractivity contribution in [1.29, 1.82) is 0 Å². The number of halogens is 2. The summed E-state index contributed by atoms with van der Waals surface area (Å²) in [6.07, 6.45) is 4.88. The Morgan fingerprint density at radius 1 is 0.850 bits per heavy atom. The van der Waals surface area contributed by atoms with Gasteiger partial charge in [-0.2, -0.15) is 0 Å². The van der Waals surface area contributed by atoms with Gasteiger partial charge in [-0.25, -0.2) is 0 Å². The molecule has 0 aliphatic rings. The number of rotatable bonds is 7. The number of hydrogen-bond donors (Lipinski definition) is 0. The van der Waals surface area contributed by atoms with E-state index >= 15 is 0 Å². The molecule has 0 N–H and O–H groups in total. The van der Waals surface area contributed by atoms with Crippen molar-refractivity contribution in [2.75, 3.05) is 5.33 Å². The van der Waals surface area contributed by atoms with Crippen LogP contribution in [-0.2, 0) is 12.8 Å². The standard InChI is InChI=1S/C18H20Br2/c19-14-17(13-16-9-11-18(20)12-10-16)8-4-7-15-5-2-1-3-6-15/h1-3,5-6,9-12,17H,4,7-8,13-14H2. The first-order valence-electron chi connectivity index (χ1n) is 7.12. The maximum atomic E-state index is 3.66. The predicted octanol–water partition coefficient (Wildman–Crippen LogP) is 6.03. The molecular formula is C18H20Br2. The number of aryl methyl sites for hydroxylation is 1. The lowest BCUT2D eigenvalue weighted by atomic mass is 9.95. The average molecular weight is 396 g/mol. The van der Waals surface area contributed by atoms with Crippen LogP contribution in [0.15, 0.2) is 59.1 Å². The molecule has 0 heterocycles. The van der Waals surface area contributed by atoms with Gasteiger partial charge in [-0.3, -0.25) is 0 Å². The molecule has 2 rings (SSSR count). The normalized spacial score (nSPS) is 12.3. The first-order chi connectivity index (χ1) is 9.78. The predicted molar refractivity (Wildman–Crippen MR) is 94.5 cm³/mol. The second-order valence-corrected chi connectivity index (χ2v) is 6.79. The molecule has 106 valence electrons. The monoisotopic (exact) mass is 394 g/mol. The van der Waals surface area contributed by atoms with Crippen LogP contribution in [0.25, 0.3) is 0 Å². The van der Waals surface area contributed by atoms with Gasteiger partial charge in [0.25, 0.3) is 0 Å². The third-order valence-electron chi connectivity index (χ3n) is 3.58. The molecule has 0 spiro atoms. The van der Waals surface area contributed by atoms with Gasteiger partial charge in [0.1, 0.15) is 0 Å². The zero-order valence-corrected chi connectivity index (χ0v) is 14.7. The summed E-state index contributed by atoms with van der Waals surface area (Å²) in [7, 11) is 0. The quantitative estimate of drug-likeness (QED) is 0.502. The minimum Gasteiger partial charge on any atom is -0.0925 e. The lowest BCUT2D eigenvalue weighted by molar-refractivity contribution is 0.518. The van der Waals surface area contributed by atoms with E-state index in [0.717, 1.165) is 22.1 Å². The van der Waals surface area contributed by atoms with E-state index in [0.29, 0.717) is 0 Å². The Bertz CT molecular complexity index is 491. The van der Waals surface area contributed by atoms with Gasteiger partial charge >= 0.3 is 0 Å². The van der Waals surface area contributed by atoms with Crippen molar-refractivity contribution in [3.63, 3.8) is 0 Å². The molecule has 0 bridgehead atoms. The fourth-order valence-corrected chi connectivity index (χ4v) is 3.24. The molecule has 20 heavy (non-hydrogen) atoms. The summed E-state index contributed by atoms with van der Waals surface area (Å²) in [6.45, 7) is 0. The summed E-state index contributed by atoms with van der Waals surface area (Å²) in [6, 6.07) is 19.5. The van der Waals surface area contributed by atoms with Gasteiger partial charge < -0.3 is 0 Å². The fourth-order valence-electron chi connectivity index (χ4n) is 2.43. The van der Waals surface area contributed by atoms with Gasteiger partial charge in [0, 0.05) is 9.80 Å². The van der Waals surface area contributed by atoms with Crippen LogP contribution in [0, 0.1) is 5.92 Å². The minimum absolute atomic E-state index is 0.722. The van der Waals surface area contributed by atoms with E-state index in [2.05, 4.69) is 86.5 Å². The highest BCUT2D eigenvalue weighted by atomic mass is 79.9. The number of benzene rings is 2. The Morgan fingerprint density at radius 3 is 2.20 bits per heavy atom. The molecule has 2 aromatic carbocycles. The van der Waals surface area contributed by atoms with Crippen LogP contribution in [0.4, 0.5) is 0 Å². The summed E-state index contributed by atoms with van der Waals surface area (Å²) >= 11 is 7.15. The van der Waals surface area contributed by atoms with Crippen LogP contribution in [0.5, 0.6) is 0 Å². The molecule has 0 aliphatic carbocycles. The van der Waals surface area contributed by atoms with Crippen molar-refractivity contribution < 1.29 is 0 Å². The van der Waals surface area contributed by atoms with Crippen LogP contribution >= 0.6 is 31.9 Å². The third kappa shape index (κ3) is 5.41. The van der Waals surface area contributed by atoms with Crippen molar-refractivity contribution in [2.45, 2.75) is 25.7 Å². The number of alkyl halides is 1. The van der Waals surface area contributed by atoms with Crippen LogP contribution in [-0.4, -0.2) is 5.33 Å². The Balaban J connectivity index is 1.79. The highest BCUT2D eigenvalue weighted by molar-refractivity contribution is 9.10. The summed E-state index contributed by atoms with van der Waals surface area (Å²) in [5.74, 6) is 0.722. The van der Waals surface area contributed by atoms with Crippen LogP contribution in [0.3, 0.4) is 0 Å².